The summed E-state index contributed by atoms with van der Waals surface area (Å²) in [6, 6.07) is 11.7. The average Bonchev–Trinajstić information content (AvgIpc) is 3.54. The topological polar surface area (TPSA) is 116 Å². The molecule has 0 spiro atoms. The van der Waals surface area contributed by atoms with Crippen molar-refractivity contribution in [2.45, 2.75) is 31.7 Å². The van der Waals surface area contributed by atoms with Crippen LogP contribution in [0.2, 0.25) is 5.02 Å². The zero-order valence-electron chi connectivity index (χ0n) is 21.2. The molecule has 0 bridgehead atoms. The number of aryl methyl sites for hydroxylation is 1. The molecule has 3 aromatic heterocycles. The molecule has 0 radical (unpaired) electrons. The molecular weight excluding hydrogens is 602 g/mol. The van der Waals surface area contributed by atoms with Crippen molar-refractivity contribution >= 4 is 51.5 Å². The number of carbonyl (C=O) groups is 1. The Morgan fingerprint density at radius 3 is 2.54 bits per heavy atom. The lowest BCUT2D eigenvalue weighted by molar-refractivity contribution is -0.198. The van der Waals surface area contributed by atoms with Crippen molar-refractivity contribution in [3.05, 3.63) is 88.3 Å². The number of nitrogens with two attached hydrogens (primary N) is 1. The van der Waals surface area contributed by atoms with Gasteiger partial charge < -0.3 is 15.6 Å². The van der Waals surface area contributed by atoms with Crippen molar-refractivity contribution in [2.24, 2.45) is 5.73 Å². The molecule has 0 aliphatic carbocycles. The van der Waals surface area contributed by atoms with E-state index in [9.17, 15) is 18.0 Å². The highest BCUT2D eigenvalue weighted by molar-refractivity contribution is 7.18. The first-order valence-electron chi connectivity index (χ1n) is 11.9. The molecule has 5 rings (SSSR count). The minimum Gasteiger partial charge on any atom is -0.480 e. The van der Waals surface area contributed by atoms with E-state index in [2.05, 4.69) is 15.1 Å². The average molecular weight is 624 g/mol. The van der Waals surface area contributed by atoms with E-state index in [1.165, 1.54) is 22.9 Å². The van der Waals surface area contributed by atoms with Crippen LogP contribution in [-0.4, -0.2) is 43.0 Å². The van der Waals surface area contributed by atoms with Gasteiger partial charge in [-0.15, -0.1) is 23.7 Å². The first kappa shape index (κ1) is 30.3. The summed E-state index contributed by atoms with van der Waals surface area (Å²) in [6.07, 6.45) is -4.31. The van der Waals surface area contributed by atoms with E-state index in [4.69, 9.17) is 27.2 Å². The molecule has 0 amide bonds. The fourth-order valence-corrected chi connectivity index (χ4v) is 5.31. The minimum atomic E-state index is -4.80. The summed E-state index contributed by atoms with van der Waals surface area (Å²) in [4.78, 5) is 19.4. The Hall–Kier alpha value is -3.71. The number of ether oxygens (including phenoxy) is 1. The number of hydrogen-bond acceptors (Lipinski definition) is 7. The molecule has 14 heteroatoms. The number of carboxylic acids is 1. The van der Waals surface area contributed by atoms with Crippen LogP contribution in [-0.2, 0) is 11.2 Å². The number of hydrogen-bond donors (Lipinski definition) is 2. The molecule has 0 aliphatic rings. The smallest absolute Gasteiger partial charge is 0.429 e. The molecular formula is C27H22Cl2F3N5O3S. The van der Waals surface area contributed by atoms with Crippen molar-refractivity contribution < 1.29 is 27.8 Å². The number of carboxylic acid groups (broad SMARTS) is 1. The quantitative estimate of drug-likeness (QED) is 0.201. The van der Waals surface area contributed by atoms with E-state index < -0.39 is 24.3 Å². The van der Waals surface area contributed by atoms with Gasteiger partial charge in [0.2, 0.25) is 12.0 Å². The molecule has 0 unspecified atom stereocenters. The molecule has 0 aliphatic heterocycles. The maximum absolute atomic E-state index is 14.5. The Labute approximate surface area is 247 Å². The number of benzene rings is 2. The van der Waals surface area contributed by atoms with Crippen LogP contribution in [0.1, 0.15) is 22.9 Å². The number of fused-ring (bicyclic) bond motifs is 1. The molecule has 3 N–H and O–H groups in total. The van der Waals surface area contributed by atoms with Crippen molar-refractivity contribution in [3.63, 3.8) is 0 Å². The third kappa shape index (κ3) is 6.46. The lowest BCUT2D eigenvalue weighted by Crippen LogP contribution is -2.32. The Morgan fingerprint density at radius 2 is 1.90 bits per heavy atom. The SMILES string of the molecule is Cc1ccn(-c2cc(Cl)ccc2[C@@H](Oc2ncnc3c(-c4ccc(C[C@H](N)C(=O)O)cc4)csc23)C(F)(F)F)n1.Cl. The van der Waals surface area contributed by atoms with E-state index in [1.807, 2.05) is 0 Å². The predicted octanol–water partition coefficient (Wildman–Crippen LogP) is 6.56. The number of nitrogens with zero attached hydrogens (tertiary/aromatic N) is 4. The van der Waals surface area contributed by atoms with Gasteiger partial charge in [0.05, 0.1) is 16.9 Å². The lowest BCUT2D eigenvalue weighted by Gasteiger charge is -2.24. The zero-order chi connectivity index (χ0) is 28.6. The van der Waals surface area contributed by atoms with Crippen LogP contribution in [0.15, 0.2) is 66.4 Å². The van der Waals surface area contributed by atoms with Crippen LogP contribution in [0.3, 0.4) is 0 Å². The van der Waals surface area contributed by atoms with Crippen LogP contribution in [0.4, 0.5) is 13.2 Å². The van der Waals surface area contributed by atoms with E-state index in [-0.39, 0.29) is 41.0 Å². The molecule has 2 atom stereocenters. The van der Waals surface area contributed by atoms with Gasteiger partial charge in [-0.2, -0.15) is 18.3 Å². The summed E-state index contributed by atoms with van der Waals surface area (Å²) in [5, 5.41) is 15.3. The summed E-state index contributed by atoms with van der Waals surface area (Å²) >= 11 is 7.28. The fourth-order valence-electron chi connectivity index (χ4n) is 4.18. The normalized spacial score (nSPS) is 13.0. The maximum atomic E-state index is 14.5. The van der Waals surface area contributed by atoms with E-state index in [1.54, 1.807) is 48.8 Å². The molecule has 41 heavy (non-hydrogen) atoms. The summed E-state index contributed by atoms with van der Waals surface area (Å²) in [6.45, 7) is 1.73. The van der Waals surface area contributed by atoms with Gasteiger partial charge in [0, 0.05) is 27.7 Å². The molecule has 5 aromatic rings. The predicted molar refractivity (Wildman–Crippen MR) is 152 cm³/mol. The Morgan fingerprint density at radius 1 is 1.17 bits per heavy atom. The van der Waals surface area contributed by atoms with Crippen LogP contribution >= 0.6 is 35.3 Å². The van der Waals surface area contributed by atoms with E-state index in [0.717, 1.165) is 28.8 Å². The Kier molecular flexibility index (Phi) is 8.88. The summed E-state index contributed by atoms with van der Waals surface area (Å²) < 4.78 is 50.7. The first-order chi connectivity index (χ1) is 19.0. The largest absolute Gasteiger partial charge is 0.480 e. The van der Waals surface area contributed by atoms with Gasteiger partial charge in [-0.1, -0.05) is 41.9 Å². The molecule has 214 valence electrons. The Bertz CT molecular complexity index is 1690. The molecule has 2 aromatic carbocycles. The zero-order valence-corrected chi connectivity index (χ0v) is 23.6. The highest BCUT2D eigenvalue weighted by atomic mass is 35.5. The van der Waals surface area contributed by atoms with Crippen molar-refractivity contribution in [3.8, 4) is 22.7 Å². The number of halogens is 5. The molecule has 0 fully saturated rings. The van der Waals surface area contributed by atoms with Gasteiger partial charge in [-0.05, 0) is 42.7 Å². The van der Waals surface area contributed by atoms with Gasteiger partial charge in [0.15, 0.2) is 0 Å². The van der Waals surface area contributed by atoms with Crippen LogP contribution in [0, 0.1) is 6.92 Å². The molecule has 8 nitrogen and oxygen atoms in total. The second-order valence-electron chi connectivity index (χ2n) is 9.00. The fraction of sp³-hybridized carbons (Fsp3) is 0.185. The molecule has 3 heterocycles. The van der Waals surface area contributed by atoms with Crippen LogP contribution < -0.4 is 10.5 Å². The number of rotatable bonds is 8. The highest BCUT2D eigenvalue weighted by Crippen LogP contribution is 2.43. The molecule has 0 saturated carbocycles. The summed E-state index contributed by atoms with van der Waals surface area (Å²) in [7, 11) is 0. The van der Waals surface area contributed by atoms with Crippen molar-refractivity contribution in [1.29, 1.82) is 0 Å². The third-order valence-corrected chi connectivity index (χ3v) is 7.32. The van der Waals surface area contributed by atoms with Crippen LogP contribution in [0.25, 0.3) is 27.0 Å². The second-order valence-corrected chi connectivity index (χ2v) is 10.3. The van der Waals surface area contributed by atoms with Gasteiger partial charge in [-0.3, -0.25) is 4.79 Å². The maximum Gasteiger partial charge on any atom is 0.429 e. The van der Waals surface area contributed by atoms with E-state index in [0.29, 0.717) is 21.5 Å². The van der Waals surface area contributed by atoms with Gasteiger partial charge in [-0.25, -0.2) is 14.6 Å². The molecule has 0 saturated heterocycles. The monoisotopic (exact) mass is 623 g/mol. The van der Waals surface area contributed by atoms with Crippen molar-refractivity contribution in [2.75, 3.05) is 0 Å². The highest BCUT2D eigenvalue weighted by Gasteiger charge is 2.45. The minimum absolute atomic E-state index is 0. The second kappa shape index (κ2) is 12.0. The number of alkyl halides is 3. The summed E-state index contributed by atoms with van der Waals surface area (Å²) in [5.41, 5.74) is 8.75. The summed E-state index contributed by atoms with van der Waals surface area (Å²) in [5.74, 6) is -1.31. The number of aliphatic carboxylic acids is 1. The van der Waals surface area contributed by atoms with Gasteiger partial charge in [0.25, 0.3) is 0 Å². The third-order valence-electron chi connectivity index (χ3n) is 6.13. The lowest BCUT2D eigenvalue weighted by atomic mass is 10.0. The van der Waals surface area contributed by atoms with Crippen molar-refractivity contribution in [1.82, 2.24) is 19.7 Å². The Balaban J connectivity index is 0.00000387. The first-order valence-corrected chi connectivity index (χ1v) is 13.1. The number of thiophene rings is 1. The van der Waals surface area contributed by atoms with E-state index >= 15 is 0 Å². The number of aromatic nitrogens is 4. The van der Waals surface area contributed by atoms with Gasteiger partial charge >= 0.3 is 12.1 Å². The standard InChI is InChI=1S/C27H21ClF3N5O3S.ClH/c1-14-8-9-36(35-14)21-11-17(28)6-7-18(21)24(27(29,30)31)39-25-23-22(33-13-34-25)19(12-40-23)16-4-2-15(3-5-16)10-20(32)26(37)38;/h2-9,11-13,20,24H,10,32H2,1H3,(H,37,38);1H/t20-,24+;/m0./s1. The van der Waals surface area contributed by atoms with Gasteiger partial charge in [0.1, 0.15) is 17.1 Å². The van der Waals surface area contributed by atoms with Crippen LogP contribution in [0.5, 0.6) is 5.88 Å².